The largest absolute Gasteiger partial charge is 0.573 e. The molecule has 1 N–H and O–H groups in total. The summed E-state index contributed by atoms with van der Waals surface area (Å²) in [4.78, 5) is 38.6. The molecule has 31 heavy (non-hydrogen) atoms. The maximum absolute atomic E-state index is 12.6. The molecule has 0 aromatic heterocycles. The molecule has 0 bridgehead atoms. The highest BCUT2D eigenvalue weighted by Crippen LogP contribution is 2.24. The number of likely N-dealkylation sites (tertiary alicyclic amines) is 1. The van der Waals surface area contributed by atoms with E-state index in [0.29, 0.717) is 0 Å². The van der Waals surface area contributed by atoms with E-state index in [1.54, 1.807) is 27.7 Å². The fraction of sp³-hybridized carbons (Fsp3) is 0.550. The van der Waals surface area contributed by atoms with Crippen LogP contribution >= 0.6 is 0 Å². The molecule has 0 aliphatic carbocycles. The lowest BCUT2D eigenvalue weighted by Crippen LogP contribution is -2.43. The van der Waals surface area contributed by atoms with E-state index in [-0.39, 0.29) is 25.3 Å². The van der Waals surface area contributed by atoms with E-state index in [1.165, 1.54) is 4.90 Å². The van der Waals surface area contributed by atoms with Crippen LogP contribution in [0, 0.1) is 5.92 Å². The highest BCUT2D eigenvalue weighted by atomic mass is 19.4. The van der Waals surface area contributed by atoms with Crippen molar-refractivity contribution in [1.82, 2.24) is 10.2 Å². The average molecular weight is 446 g/mol. The average Bonchev–Trinajstić information content (AvgIpc) is 3.04. The van der Waals surface area contributed by atoms with Gasteiger partial charge in [0.1, 0.15) is 11.4 Å². The summed E-state index contributed by atoms with van der Waals surface area (Å²) in [6.45, 7) is 6.88. The molecule has 0 unspecified atom stereocenters. The van der Waals surface area contributed by atoms with Crippen LogP contribution in [0.4, 0.5) is 18.0 Å². The Morgan fingerprint density at radius 3 is 2.23 bits per heavy atom. The first-order valence-electron chi connectivity index (χ1n) is 9.60. The van der Waals surface area contributed by atoms with Crippen LogP contribution in [0.3, 0.4) is 0 Å². The number of halogens is 3. The number of amides is 2. The molecule has 0 saturated carbocycles. The van der Waals surface area contributed by atoms with Crippen LogP contribution in [0.5, 0.6) is 5.75 Å². The van der Waals surface area contributed by atoms with Gasteiger partial charge >= 0.3 is 18.4 Å². The van der Waals surface area contributed by atoms with E-state index in [4.69, 9.17) is 9.47 Å². The number of carbonyl (C=O) groups excluding carboxylic acids is 3. The Morgan fingerprint density at radius 1 is 1.10 bits per heavy atom. The molecule has 2 amide bonds. The molecule has 1 aromatic rings. The normalized spacial score (nSPS) is 19.0. The zero-order valence-electron chi connectivity index (χ0n) is 17.6. The zero-order valence-corrected chi connectivity index (χ0v) is 17.6. The molecule has 172 valence electrons. The van der Waals surface area contributed by atoms with E-state index in [1.807, 2.05) is 0 Å². The Hall–Kier alpha value is -2.98. The van der Waals surface area contributed by atoms with Gasteiger partial charge < -0.3 is 24.4 Å². The van der Waals surface area contributed by atoms with Crippen molar-refractivity contribution >= 4 is 18.0 Å². The minimum absolute atomic E-state index is 0.00292. The van der Waals surface area contributed by atoms with Crippen molar-refractivity contribution in [2.24, 2.45) is 5.92 Å². The lowest BCUT2D eigenvalue weighted by molar-refractivity contribution is -0.274. The lowest BCUT2D eigenvalue weighted by atomic mass is 10.0. The molecule has 8 nitrogen and oxygen atoms in total. The number of benzene rings is 1. The Morgan fingerprint density at radius 2 is 1.71 bits per heavy atom. The number of nitrogens with one attached hydrogen (secondary N) is 1. The predicted octanol–water partition coefficient (Wildman–Crippen LogP) is 3.11. The van der Waals surface area contributed by atoms with Crippen LogP contribution in [0.15, 0.2) is 24.3 Å². The molecule has 1 aliphatic heterocycles. The third-order valence-electron chi connectivity index (χ3n) is 4.23. The Kier molecular flexibility index (Phi) is 7.40. The smallest absolute Gasteiger partial charge is 0.466 e. The predicted molar refractivity (Wildman–Crippen MR) is 102 cm³/mol. The number of esters is 1. The van der Waals surface area contributed by atoms with Gasteiger partial charge in [-0.3, -0.25) is 9.59 Å². The fourth-order valence-corrected chi connectivity index (χ4v) is 2.97. The Balaban J connectivity index is 2.11. The van der Waals surface area contributed by atoms with E-state index in [2.05, 4.69) is 10.1 Å². The molecule has 1 aromatic carbocycles. The number of ether oxygens (including phenoxy) is 3. The van der Waals surface area contributed by atoms with E-state index < -0.39 is 47.6 Å². The maximum atomic E-state index is 12.6. The lowest BCUT2D eigenvalue weighted by Gasteiger charge is -2.24. The van der Waals surface area contributed by atoms with Crippen LogP contribution in [-0.2, 0) is 14.3 Å². The van der Waals surface area contributed by atoms with Crippen LogP contribution in [-0.4, -0.2) is 60.6 Å². The highest BCUT2D eigenvalue weighted by molar-refractivity contribution is 5.95. The number of rotatable bonds is 5. The summed E-state index contributed by atoms with van der Waals surface area (Å²) in [6, 6.07) is 3.58. The van der Waals surface area contributed by atoms with Gasteiger partial charge in [0, 0.05) is 18.7 Å². The Bertz CT molecular complexity index is 805. The van der Waals surface area contributed by atoms with Crippen molar-refractivity contribution in [3.63, 3.8) is 0 Å². The quantitative estimate of drug-likeness (QED) is 0.699. The standard InChI is InChI=1S/C20H25F3N2O6/c1-5-29-17(27)14-10-25(18(28)31-19(2,3)4)11-15(14)24-16(26)12-6-8-13(9-7-12)30-20(21,22)23/h6-9,14-15H,5,10-11H2,1-4H3,(H,24,26)/t14-,15-/m0/s1. The molecule has 1 heterocycles. The van der Waals surface area contributed by atoms with E-state index in [0.717, 1.165) is 24.3 Å². The van der Waals surface area contributed by atoms with E-state index in [9.17, 15) is 27.6 Å². The molecule has 2 rings (SSSR count). The maximum Gasteiger partial charge on any atom is 0.573 e. The number of hydrogen-bond acceptors (Lipinski definition) is 6. The van der Waals surface area contributed by atoms with E-state index >= 15 is 0 Å². The summed E-state index contributed by atoms with van der Waals surface area (Å²) in [5.74, 6) is -2.48. The number of nitrogens with zero attached hydrogens (tertiary/aromatic N) is 1. The van der Waals surface area contributed by atoms with Crippen molar-refractivity contribution in [3.8, 4) is 5.75 Å². The second-order valence-corrected chi connectivity index (χ2v) is 7.90. The summed E-state index contributed by atoms with van der Waals surface area (Å²) in [7, 11) is 0. The molecule has 11 heteroatoms. The minimum atomic E-state index is -4.84. The summed E-state index contributed by atoms with van der Waals surface area (Å²) in [6.07, 6.45) is -5.47. The molecule has 0 radical (unpaired) electrons. The highest BCUT2D eigenvalue weighted by Gasteiger charge is 2.42. The summed E-state index contributed by atoms with van der Waals surface area (Å²) < 4.78 is 50.9. The fourth-order valence-electron chi connectivity index (χ4n) is 2.97. The van der Waals surface area contributed by atoms with Gasteiger partial charge in [-0.25, -0.2) is 4.79 Å². The van der Waals surface area contributed by atoms with Crippen LogP contribution < -0.4 is 10.1 Å². The third-order valence-corrected chi connectivity index (χ3v) is 4.23. The van der Waals surface area contributed by atoms with Gasteiger partial charge in [0.05, 0.1) is 18.6 Å². The zero-order chi connectivity index (χ0) is 23.4. The van der Waals surface area contributed by atoms with Gasteiger partial charge in [-0.1, -0.05) is 0 Å². The molecular weight excluding hydrogens is 421 g/mol. The molecule has 1 aliphatic rings. The molecule has 1 fully saturated rings. The number of carbonyl (C=O) groups is 3. The first kappa shape index (κ1) is 24.3. The van der Waals surface area contributed by atoms with Crippen molar-refractivity contribution < 1.29 is 41.8 Å². The number of hydrogen-bond donors (Lipinski definition) is 1. The van der Waals surface area contributed by atoms with Crippen LogP contribution in [0.2, 0.25) is 0 Å². The minimum Gasteiger partial charge on any atom is -0.466 e. The topological polar surface area (TPSA) is 94.2 Å². The number of alkyl halides is 3. The van der Waals surface area contributed by atoms with Gasteiger partial charge in [-0.15, -0.1) is 13.2 Å². The second-order valence-electron chi connectivity index (χ2n) is 7.90. The van der Waals surface area contributed by atoms with Crippen molar-refractivity contribution in [1.29, 1.82) is 0 Å². The molecule has 1 saturated heterocycles. The third kappa shape index (κ3) is 7.34. The first-order chi connectivity index (χ1) is 14.3. The van der Waals surface area contributed by atoms with Gasteiger partial charge in [0.15, 0.2) is 0 Å². The van der Waals surface area contributed by atoms with Gasteiger partial charge in [-0.2, -0.15) is 0 Å². The monoisotopic (exact) mass is 446 g/mol. The summed E-state index contributed by atoms with van der Waals surface area (Å²) in [5, 5.41) is 2.65. The van der Waals surface area contributed by atoms with Crippen molar-refractivity contribution in [2.45, 2.75) is 45.7 Å². The van der Waals surface area contributed by atoms with Gasteiger partial charge in [-0.05, 0) is 52.0 Å². The van der Waals surface area contributed by atoms with Gasteiger partial charge in [0.25, 0.3) is 5.91 Å². The SMILES string of the molecule is CCOC(=O)[C@H]1CN(C(=O)OC(C)(C)C)C[C@@H]1NC(=O)c1ccc(OC(F)(F)F)cc1. The van der Waals surface area contributed by atoms with Crippen molar-refractivity contribution in [3.05, 3.63) is 29.8 Å². The van der Waals surface area contributed by atoms with Gasteiger partial charge in [0.2, 0.25) is 0 Å². The molecule has 0 spiro atoms. The van der Waals surface area contributed by atoms with Crippen LogP contribution in [0.1, 0.15) is 38.1 Å². The van der Waals surface area contributed by atoms with Crippen LogP contribution in [0.25, 0.3) is 0 Å². The Labute approximate surface area is 177 Å². The second kappa shape index (κ2) is 9.44. The van der Waals surface area contributed by atoms with Crippen molar-refractivity contribution in [2.75, 3.05) is 19.7 Å². The summed E-state index contributed by atoms with van der Waals surface area (Å²) in [5.41, 5.74) is -0.675. The molecular formula is C20H25F3N2O6. The first-order valence-corrected chi connectivity index (χ1v) is 9.60. The summed E-state index contributed by atoms with van der Waals surface area (Å²) >= 11 is 0. The molecule has 2 atom stereocenters.